The van der Waals surface area contributed by atoms with Crippen molar-refractivity contribution in [2.24, 2.45) is 0 Å². The van der Waals surface area contributed by atoms with Crippen molar-refractivity contribution in [3.8, 4) is 0 Å². The van der Waals surface area contributed by atoms with Crippen LogP contribution in [0.15, 0.2) is 52.0 Å². The van der Waals surface area contributed by atoms with Crippen LogP contribution in [0.1, 0.15) is 20.9 Å². The number of Topliss-reactive ketones (excluding diaryl/α,β-unsaturated/α-hetero) is 1. The number of carbonyl (C=O) groups is 2. The minimum absolute atomic E-state index is 0.0208. The van der Waals surface area contributed by atoms with E-state index in [1.807, 2.05) is 35.4 Å². The molecule has 2 heterocycles. The summed E-state index contributed by atoms with van der Waals surface area (Å²) in [5.41, 5.74) is 0.755. The van der Waals surface area contributed by atoms with E-state index in [4.69, 9.17) is 4.42 Å². The molecule has 5 nitrogen and oxygen atoms in total. The Bertz CT molecular complexity index is 707. The molecule has 0 radical (unpaired) electrons. The number of furan rings is 1. The third kappa shape index (κ3) is 3.71. The molecular weight excluding hydrogens is 324 g/mol. The molecule has 0 bridgehead atoms. The maximum atomic E-state index is 12.7. The highest BCUT2D eigenvalue weighted by Crippen LogP contribution is 2.22. The average molecular weight is 344 g/mol. The lowest BCUT2D eigenvalue weighted by molar-refractivity contribution is 0.0617. The number of carbonyl (C=O) groups excluding carboxylic acids is 2. The van der Waals surface area contributed by atoms with Gasteiger partial charge in [0.15, 0.2) is 5.76 Å². The van der Waals surface area contributed by atoms with Crippen LogP contribution in [-0.2, 0) is 0 Å². The van der Waals surface area contributed by atoms with Crippen molar-refractivity contribution in [2.45, 2.75) is 4.90 Å². The lowest BCUT2D eigenvalue weighted by Crippen LogP contribution is -2.50. The summed E-state index contributed by atoms with van der Waals surface area (Å²) in [6.07, 6.45) is 3.48. The van der Waals surface area contributed by atoms with E-state index in [9.17, 15) is 9.59 Å². The van der Waals surface area contributed by atoms with Gasteiger partial charge >= 0.3 is 0 Å². The number of piperazine rings is 1. The van der Waals surface area contributed by atoms with Gasteiger partial charge in [-0.3, -0.25) is 14.5 Å². The summed E-state index contributed by atoms with van der Waals surface area (Å²) in [5, 5.41) is 0. The molecule has 2 aromatic rings. The van der Waals surface area contributed by atoms with Crippen LogP contribution in [0.3, 0.4) is 0 Å². The molecule has 1 saturated heterocycles. The van der Waals surface area contributed by atoms with E-state index in [-0.39, 0.29) is 11.7 Å². The number of rotatable bonds is 5. The number of hydrogen-bond acceptors (Lipinski definition) is 5. The SMILES string of the molecule is CSc1ccccc1C(=O)N1CCN(CC(=O)c2ccco2)CC1. The fourth-order valence-corrected chi connectivity index (χ4v) is 3.41. The number of ketones is 1. The molecule has 0 N–H and O–H groups in total. The quantitative estimate of drug-likeness (QED) is 0.616. The summed E-state index contributed by atoms with van der Waals surface area (Å²) in [6.45, 7) is 2.98. The van der Waals surface area contributed by atoms with Crippen molar-refractivity contribution in [3.63, 3.8) is 0 Å². The Morgan fingerprint density at radius 1 is 1.08 bits per heavy atom. The summed E-state index contributed by atoms with van der Waals surface area (Å²) in [5.74, 6) is 0.437. The van der Waals surface area contributed by atoms with Gasteiger partial charge in [0.05, 0.1) is 18.4 Å². The van der Waals surface area contributed by atoms with Crippen molar-refractivity contribution < 1.29 is 14.0 Å². The number of benzene rings is 1. The van der Waals surface area contributed by atoms with Crippen LogP contribution in [0.4, 0.5) is 0 Å². The van der Waals surface area contributed by atoms with Gasteiger partial charge in [0.2, 0.25) is 5.78 Å². The van der Waals surface area contributed by atoms with Crippen LogP contribution in [0.25, 0.3) is 0 Å². The van der Waals surface area contributed by atoms with Crippen molar-refractivity contribution >= 4 is 23.5 Å². The topological polar surface area (TPSA) is 53.8 Å². The molecule has 0 aliphatic carbocycles. The predicted octanol–water partition coefficient (Wildman–Crippen LogP) is 2.64. The lowest BCUT2D eigenvalue weighted by atomic mass is 10.1. The smallest absolute Gasteiger partial charge is 0.255 e. The molecule has 1 amide bonds. The second kappa shape index (κ2) is 7.68. The first-order valence-electron chi connectivity index (χ1n) is 7.90. The highest BCUT2D eigenvalue weighted by Gasteiger charge is 2.25. The second-order valence-electron chi connectivity index (χ2n) is 5.67. The zero-order chi connectivity index (χ0) is 16.9. The normalized spacial score (nSPS) is 15.5. The number of hydrogen-bond donors (Lipinski definition) is 0. The summed E-state index contributed by atoms with van der Waals surface area (Å²) < 4.78 is 5.14. The number of amides is 1. The molecule has 0 spiro atoms. The molecule has 1 aliphatic rings. The molecule has 0 atom stereocenters. The Kier molecular flexibility index (Phi) is 5.37. The minimum atomic E-state index is -0.0208. The first kappa shape index (κ1) is 16.8. The fraction of sp³-hybridized carbons (Fsp3) is 0.333. The average Bonchev–Trinajstić information content (AvgIpc) is 3.16. The van der Waals surface area contributed by atoms with E-state index in [1.54, 1.807) is 23.9 Å². The molecule has 126 valence electrons. The predicted molar refractivity (Wildman–Crippen MR) is 93.6 cm³/mol. The monoisotopic (exact) mass is 344 g/mol. The molecule has 1 fully saturated rings. The third-order valence-corrected chi connectivity index (χ3v) is 4.96. The second-order valence-corrected chi connectivity index (χ2v) is 6.52. The molecule has 1 aromatic heterocycles. The zero-order valence-electron chi connectivity index (χ0n) is 13.6. The highest BCUT2D eigenvalue weighted by atomic mass is 32.2. The molecule has 0 saturated carbocycles. The Hall–Kier alpha value is -2.05. The van der Waals surface area contributed by atoms with E-state index in [2.05, 4.69) is 4.90 Å². The van der Waals surface area contributed by atoms with Gasteiger partial charge in [0.25, 0.3) is 5.91 Å². The van der Waals surface area contributed by atoms with Crippen molar-refractivity contribution in [1.29, 1.82) is 0 Å². The van der Waals surface area contributed by atoms with Crippen LogP contribution in [-0.4, -0.2) is 60.5 Å². The van der Waals surface area contributed by atoms with Gasteiger partial charge in [-0.1, -0.05) is 12.1 Å². The molecule has 1 aromatic carbocycles. The summed E-state index contributed by atoms with van der Waals surface area (Å²) in [7, 11) is 0. The van der Waals surface area contributed by atoms with Gasteiger partial charge in [0.1, 0.15) is 0 Å². The van der Waals surface area contributed by atoms with Crippen LogP contribution < -0.4 is 0 Å². The first-order valence-corrected chi connectivity index (χ1v) is 9.13. The summed E-state index contributed by atoms with van der Waals surface area (Å²) >= 11 is 1.58. The van der Waals surface area contributed by atoms with E-state index in [1.165, 1.54) is 6.26 Å². The van der Waals surface area contributed by atoms with Crippen molar-refractivity contribution in [1.82, 2.24) is 9.80 Å². The van der Waals surface area contributed by atoms with Gasteiger partial charge in [0, 0.05) is 31.1 Å². The highest BCUT2D eigenvalue weighted by molar-refractivity contribution is 7.98. The summed E-state index contributed by atoms with van der Waals surface area (Å²) in [6, 6.07) is 11.1. The van der Waals surface area contributed by atoms with Gasteiger partial charge in [-0.05, 0) is 30.5 Å². The Morgan fingerprint density at radius 2 is 1.83 bits per heavy atom. The summed E-state index contributed by atoms with van der Waals surface area (Å²) in [4.78, 5) is 29.7. The van der Waals surface area contributed by atoms with E-state index >= 15 is 0 Å². The van der Waals surface area contributed by atoms with Gasteiger partial charge in [-0.2, -0.15) is 0 Å². The van der Waals surface area contributed by atoms with Crippen LogP contribution >= 0.6 is 11.8 Å². The number of nitrogens with zero attached hydrogens (tertiary/aromatic N) is 2. The largest absolute Gasteiger partial charge is 0.461 e. The van der Waals surface area contributed by atoms with Gasteiger partial charge < -0.3 is 9.32 Å². The zero-order valence-corrected chi connectivity index (χ0v) is 14.4. The molecule has 0 unspecified atom stereocenters. The van der Waals surface area contributed by atoms with E-state index < -0.39 is 0 Å². The standard InChI is InChI=1S/C18H20N2O3S/c1-24-17-7-3-2-5-14(17)18(22)20-10-8-19(9-11-20)13-15(21)16-6-4-12-23-16/h2-7,12H,8-11,13H2,1H3. The molecule has 6 heteroatoms. The van der Waals surface area contributed by atoms with E-state index in [0.29, 0.717) is 38.5 Å². The van der Waals surface area contributed by atoms with E-state index in [0.717, 1.165) is 10.5 Å². The Labute approximate surface area is 145 Å². The molecular formula is C18H20N2O3S. The molecule has 3 rings (SSSR count). The minimum Gasteiger partial charge on any atom is -0.461 e. The molecule has 1 aliphatic heterocycles. The number of thioether (sulfide) groups is 1. The molecule has 24 heavy (non-hydrogen) atoms. The van der Waals surface area contributed by atoms with Gasteiger partial charge in [-0.15, -0.1) is 11.8 Å². The van der Waals surface area contributed by atoms with Crippen LogP contribution in [0, 0.1) is 0 Å². The Balaban J connectivity index is 1.57. The van der Waals surface area contributed by atoms with Crippen LogP contribution in [0.2, 0.25) is 0 Å². The third-order valence-electron chi connectivity index (χ3n) is 4.16. The first-order chi connectivity index (χ1) is 11.7. The fourth-order valence-electron chi connectivity index (χ4n) is 2.82. The maximum Gasteiger partial charge on any atom is 0.255 e. The van der Waals surface area contributed by atoms with Crippen LogP contribution in [0.5, 0.6) is 0 Å². The van der Waals surface area contributed by atoms with Crippen molar-refractivity contribution in [3.05, 3.63) is 54.0 Å². The maximum absolute atomic E-state index is 12.7. The van der Waals surface area contributed by atoms with Gasteiger partial charge in [-0.25, -0.2) is 0 Å². The Morgan fingerprint density at radius 3 is 2.50 bits per heavy atom. The lowest BCUT2D eigenvalue weighted by Gasteiger charge is -2.34. The van der Waals surface area contributed by atoms with Crippen molar-refractivity contribution in [2.75, 3.05) is 39.0 Å².